The van der Waals surface area contributed by atoms with Crippen molar-refractivity contribution in [1.29, 1.82) is 5.26 Å². The van der Waals surface area contributed by atoms with Crippen LogP contribution in [0.1, 0.15) is 31.2 Å². The summed E-state index contributed by atoms with van der Waals surface area (Å²) in [4.78, 5) is 0. The summed E-state index contributed by atoms with van der Waals surface area (Å²) >= 11 is 5.95. The van der Waals surface area contributed by atoms with Crippen LogP contribution < -0.4 is 10.5 Å². The Morgan fingerprint density at radius 2 is 2.24 bits per heavy atom. The molecule has 0 amide bonds. The molecular formula is C13H15ClN2O. The van der Waals surface area contributed by atoms with Crippen molar-refractivity contribution in [2.75, 3.05) is 0 Å². The molecule has 1 aromatic carbocycles. The van der Waals surface area contributed by atoms with E-state index in [1.54, 1.807) is 18.2 Å². The third kappa shape index (κ3) is 2.91. The quantitative estimate of drug-likeness (QED) is 0.878. The zero-order chi connectivity index (χ0) is 12.3. The number of halogens is 1. The Morgan fingerprint density at radius 1 is 1.41 bits per heavy atom. The molecule has 0 saturated heterocycles. The summed E-state index contributed by atoms with van der Waals surface area (Å²) in [6.07, 6.45) is 4.07. The number of hydrogen-bond acceptors (Lipinski definition) is 3. The van der Waals surface area contributed by atoms with Crippen LogP contribution in [0, 0.1) is 11.3 Å². The van der Waals surface area contributed by atoms with E-state index in [1.807, 2.05) is 0 Å². The molecule has 0 heterocycles. The summed E-state index contributed by atoms with van der Waals surface area (Å²) in [6.45, 7) is 0. The monoisotopic (exact) mass is 250 g/mol. The Balaban J connectivity index is 2.13. The van der Waals surface area contributed by atoms with Crippen LogP contribution in [0.3, 0.4) is 0 Å². The molecule has 0 radical (unpaired) electrons. The molecule has 17 heavy (non-hydrogen) atoms. The summed E-state index contributed by atoms with van der Waals surface area (Å²) in [5.74, 6) is 0.569. The fraction of sp³-hybridized carbons (Fsp3) is 0.462. The molecule has 1 fully saturated rings. The molecule has 0 spiro atoms. The number of benzene rings is 1. The second-order valence-corrected chi connectivity index (χ2v) is 4.80. The second kappa shape index (κ2) is 5.39. The van der Waals surface area contributed by atoms with E-state index in [0.717, 1.165) is 25.7 Å². The van der Waals surface area contributed by atoms with Gasteiger partial charge in [0.2, 0.25) is 0 Å². The van der Waals surface area contributed by atoms with Gasteiger partial charge in [-0.05, 0) is 37.8 Å². The lowest BCUT2D eigenvalue weighted by Gasteiger charge is -2.27. The van der Waals surface area contributed by atoms with Gasteiger partial charge in [-0.3, -0.25) is 0 Å². The van der Waals surface area contributed by atoms with Crippen LogP contribution in [-0.2, 0) is 0 Å². The molecule has 0 aliphatic heterocycles. The highest BCUT2D eigenvalue weighted by molar-refractivity contribution is 6.31. The van der Waals surface area contributed by atoms with Crippen LogP contribution in [0.5, 0.6) is 5.75 Å². The second-order valence-electron chi connectivity index (χ2n) is 4.39. The predicted octanol–water partition coefficient (Wildman–Crippen LogP) is 2.86. The van der Waals surface area contributed by atoms with Gasteiger partial charge in [0.05, 0.1) is 5.02 Å². The van der Waals surface area contributed by atoms with Crippen LogP contribution in [-0.4, -0.2) is 12.1 Å². The van der Waals surface area contributed by atoms with Gasteiger partial charge in [-0.15, -0.1) is 0 Å². The summed E-state index contributed by atoms with van der Waals surface area (Å²) < 4.78 is 5.84. The lowest BCUT2D eigenvalue weighted by molar-refractivity contribution is 0.144. The Kier molecular flexibility index (Phi) is 3.88. The first-order valence-corrected chi connectivity index (χ1v) is 6.19. The van der Waals surface area contributed by atoms with Crippen molar-refractivity contribution in [3.8, 4) is 11.8 Å². The largest absolute Gasteiger partial charge is 0.489 e. The van der Waals surface area contributed by atoms with Gasteiger partial charge in [0.25, 0.3) is 0 Å². The molecule has 3 nitrogen and oxygen atoms in total. The molecule has 0 bridgehead atoms. The average molecular weight is 251 g/mol. The number of ether oxygens (including phenoxy) is 1. The SMILES string of the molecule is N#Cc1c(Cl)cccc1OC1CCCC(N)C1. The summed E-state index contributed by atoms with van der Waals surface area (Å²) in [5, 5.41) is 9.48. The molecule has 0 aromatic heterocycles. The van der Waals surface area contributed by atoms with Crippen LogP contribution in [0.15, 0.2) is 18.2 Å². The van der Waals surface area contributed by atoms with Crippen molar-refractivity contribution in [2.45, 2.75) is 37.8 Å². The minimum absolute atomic E-state index is 0.101. The fourth-order valence-electron chi connectivity index (χ4n) is 2.18. The third-order valence-corrected chi connectivity index (χ3v) is 3.36. The van der Waals surface area contributed by atoms with Crippen molar-refractivity contribution in [3.63, 3.8) is 0 Å². The smallest absolute Gasteiger partial charge is 0.139 e. The van der Waals surface area contributed by atoms with Gasteiger partial charge < -0.3 is 10.5 Å². The minimum Gasteiger partial charge on any atom is -0.489 e. The van der Waals surface area contributed by atoms with E-state index in [4.69, 9.17) is 27.3 Å². The predicted molar refractivity (Wildman–Crippen MR) is 67.0 cm³/mol. The number of hydrogen-bond donors (Lipinski definition) is 1. The standard InChI is InChI=1S/C13H15ClN2O/c14-12-5-2-6-13(11(12)8-15)17-10-4-1-3-9(16)7-10/h2,5-6,9-10H,1,3-4,7,16H2. The summed E-state index contributed by atoms with van der Waals surface area (Å²) in [7, 11) is 0. The molecule has 2 atom stereocenters. The van der Waals surface area contributed by atoms with Crippen LogP contribution in [0.25, 0.3) is 0 Å². The highest BCUT2D eigenvalue weighted by Crippen LogP contribution is 2.29. The first-order chi connectivity index (χ1) is 8.20. The minimum atomic E-state index is 0.101. The Labute approximate surface area is 106 Å². The van der Waals surface area contributed by atoms with Gasteiger partial charge >= 0.3 is 0 Å². The van der Waals surface area contributed by atoms with Gasteiger partial charge in [-0.25, -0.2) is 0 Å². The number of nitrogens with zero attached hydrogens (tertiary/aromatic N) is 1. The molecule has 1 aliphatic rings. The average Bonchev–Trinajstić information content (AvgIpc) is 2.29. The Morgan fingerprint density at radius 3 is 2.94 bits per heavy atom. The van der Waals surface area contributed by atoms with Crippen molar-refractivity contribution < 1.29 is 4.74 Å². The number of nitrogens with two attached hydrogens (primary N) is 1. The summed E-state index contributed by atoms with van der Waals surface area (Å²) in [6, 6.07) is 7.55. The summed E-state index contributed by atoms with van der Waals surface area (Å²) in [5.41, 5.74) is 6.32. The van der Waals surface area contributed by atoms with Crippen molar-refractivity contribution >= 4 is 11.6 Å². The molecule has 2 rings (SSSR count). The van der Waals surface area contributed by atoms with Gasteiger partial charge in [0, 0.05) is 6.04 Å². The van der Waals surface area contributed by atoms with Crippen LogP contribution >= 0.6 is 11.6 Å². The van der Waals surface area contributed by atoms with Crippen LogP contribution in [0.4, 0.5) is 0 Å². The zero-order valence-electron chi connectivity index (χ0n) is 9.53. The van der Waals surface area contributed by atoms with Crippen molar-refractivity contribution in [3.05, 3.63) is 28.8 Å². The molecule has 1 saturated carbocycles. The zero-order valence-corrected chi connectivity index (χ0v) is 10.3. The van der Waals surface area contributed by atoms with E-state index in [0.29, 0.717) is 16.3 Å². The lowest BCUT2D eigenvalue weighted by Crippen LogP contribution is -2.33. The van der Waals surface area contributed by atoms with Crippen LogP contribution in [0.2, 0.25) is 5.02 Å². The third-order valence-electron chi connectivity index (χ3n) is 3.05. The fourth-order valence-corrected chi connectivity index (χ4v) is 2.39. The van der Waals surface area contributed by atoms with E-state index in [1.165, 1.54) is 0 Å². The molecule has 90 valence electrons. The molecule has 2 N–H and O–H groups in total. The Bertz CT molecular complexity index is 442. The van der Waals surface area contributed by atoms with Gasteiger partial charge in [0.1, 0.15) is 23.5 Å². The van der Waals surface area contributed by atoms with Gasteiger partial charge in [0.15, 0.2) is 0 Å². The topological polar surface area (TPSA) is 59.0 Å². The van der Waals surface area contributed by atoms with E-state index >= 15 is 0 Å². The molecule has 4 heteroatoms. The number of nitriles is 1. The normalized spacial score (nSPS) is 24.1. The van der Waals surface area contributed by atoms with E-state index < -0.39 is 0 Å². The maximum atomic E-state index is 9.04. The maximum absolute atomic E-state index is 9.04. The molecule has 1 aliphatic carbocycles. The first kappa shape index (κ1) is 12.2. The maximum Gasteiger partial charge on any atom is 0.139 e. The highest BCUT2D eigenvalue weighted by atomic mass is 35.5. The van der Waals surface area contributed by atoms with Gasteiger partial charge in [-0.1, -0.05) is 17.7 Å². The van der Waals surface area contributed by atoms with E-state index in [-0.39, 0.29) is 12.1 Å². The van der Waals surface area contributed by atoms with Crippen molar-refractivity contribution in [2.24, 2.45) is 5.73 Å². The highest BCUT2D eigenvalue weighted by Gasteiger charge is 2.21. The molecular weight excluding hydrogens is 236 g/mol. The molecule has 2 unspecified atom stereocenters. The molecule has 1 aromatic rings. The van der Waals surface area contributed by atoms with E-state index in [9.17, 15) is 0 Å². The Hall–Kier alpha value is -1.24. The van der Waals surface area contributed by atoms with Gasteiger partial charge in [-0.2, -0.15) is 5.26 Å². The van der Waals surface area contributed by atoms with Crippen molar-refractivity contribution in [1.82, 2.24) is 0 Å². The lowest BCUT2D eigenvalue weighted by atomic mass is 9.93. The first-order valence-electron chi connectivity index (χ1n) is 5.81. The van der Waals surface area contributed by atoms with E-state index in [2.05, 4.69) is 6.07 Å². The number of rotatable bonds is 2.